The third-order valence-electron chi connectivity index (χ3n) is 4.23. The number of benzene rings is 2. The van der Waals surface area contributed by atoms with Gasteiger partial charge in [0, 0.05) is 45.0 Å². The van der Waals surface area contributed by atoms with Gasteiger partial charge in [0.2, 0.25) is 0 Å². The van der Waals surface area contributed by atoms with Crippen molar-refractivity contribution in [3.05, 3.63) is 91.2 Å². The third kappa shape index (κ3) is 3.55. The Kier molecular flexibility index (Phi) is 4.85. The van der Waals surface area contributed by atoms with Crippen LogP contribution in [-0.2, 0) is 6.42 Å². The molecule has 0 aliphatic rings. The summed E-state index contributed by atoms with van der Waals surface area (Å²) in [6, 6.07) is 14.0. The van der Waals surface area contributed by atoms with E-state index in [-0.39, 0.29) is 11.2 Å². The minimum Gasteiger partial charge on any atom is -0.508 e. The molecular formula is C21H13Br2NO3. The molecule has 0 atom stereocenters. The number of hydrogen-bond donors (Lipinski definition) is 1. The van der Waals surface area contributed by atoms with Gasteiger partial charge in [-0.25, -0.2) is 0 Å². The Morgan fingerprint density at radius 3 is 2.63 bits per heavy atom. The Bertz CT molecular complexity index is 1220. The zero-order valence-corrected chi connectivity index (χ0v) is 17.1. The maximum absolute atomic E-state index is 13.2. The van der Waals surface area contributed by atoms with E-state index in [1.54, 1.807) is 18.5 Å². The fourth-order valence-electron chi connectivity index (χ4n) is 3.00. The van der Waals surface area contributed by atoms with E-state index in [9.17, 15) is 9.90 Å². The summed E-state index contributed by atoms with van der Waals surface area (Å²) >= 11 is 6.95. The van der Waals surface area contributed by atoms with Gasteiger partial charge in [-0.15, -0.1) is 0 Å². The second-order valence-corrected chi connectivity index (χ2v) is 7.86. The van der Waals surface area contributed by atoms with Crippen molar-refractivity contribution in [1.82, 2.24) is 4.98 Å². The molecule has 2 aromatic heterocycles. The molecule has 0 radical (unpaired) electrons. The summed E-state index contributed by atoms with van der Waals surface area (Å²) < 4.78 is 7.77. The van der Waals surface area contributed by atoms with E-state index in [2.05, 4.69) is 36.8 Å². The largest absolute Gasteiger partial charge is 0.508 e. The van der Waals surface area contributed by atoms with Gasteiger partial charge in [-0.1, -0.05) is 34.1 Å². The van der Waals surface area contributed by atoms with Crippen LogP contribution >= 0.6 is 31.9 Å². The molecular weight excluding hydrogens is 474 g/mol. The van der Waals surface area contributed by atoms with Gasteiger partial charge in [-0.3, -0.25) is 9.78 Å². The Hall–Kier alpha value is -2.44. The molecule has 0 aliphatic carbocycles. The van der Waals surface area contributed by atoms with Gasteiger partial charge in [0.1, 0.15) is 17.1 Å². The first-order valence-electron chi connectivity index (χ1n) is 8.16. The smallest absolute Gasteiger partial charge is 0.196 e. The van der Waals surface area contributed by atoms with Gasteiger partial charge >= 0.3 is 0 Å². The minimum absolute atomic E-state index is 0.0488. The number of phenols is 1. The van der Waals surface area contributed by atoms with Crippen molar-refractivity contribution in [2.24, 2.45) is 0 Å². The zero-order valence-electron chi connectivity index (χ0n) is 13.9. The highest BCUT2D eigenvalue weighted by Gasteiger charge is 2.18. The van der Waals surface area contributed by atoms with Gasteiger partial charge in [-0.05, 0) is 45.8 Å². The van der Waals surface area contributed by atoms with Crippen molar-refractivity contribution in [1.29, 1.82) is 0 Å². The van der Waals surface area contributed by atoms with Crippen LogP contribution in [0.15, 0.2) is 79.1 Å². The quantitative estimate of drug-likeness (QED) is 0.404. The van der Waals surface area contributed by atoms with Crippen LogP contribution in [0, 0.1) is 0 Å². The number of aromatic hydroxyl groups is 1. The van der Waals surface area contributed by atoms with E-state index in [0.717, 1.165) is 20.1 Å². The van der Waals surface area contributed by atoms with Gasteiger partial charge < -0.3 is 9.52 Å². The molecule has 1 N–H and O–H groups in total. The number of aromatic nitrogens is 1. The molecule has 27 heavy (non-hydrogen) atoms. The van der Waals surface area contributed by atoms with Crippen LogP contribution < -0.4 is 5.43 Å². The summed E-state index contributed by atoms with van der Waals surface area (Å²) in [5.74, 6) is 0.526. The summed E-state index contributed by atoms with van der Waals surface area (Å²) in [7, 11) is 0. The zero-order chi connectivity index (χ0) is 19.0. The van der Waals surface area contributed by atoms with Gasteiger partial charge in [0.15, 0.2) is 5.43 Å². The first kappa shape index (κ1) is 17.9. The highest BCUT2D eigenvalue weighted by Crippen LogP contribution is 2.33. The third-order valence-corrected chi connectivity index (χ3v) is 5.36. The normalized spacial score (nSPS) is 11.0. The Balaban J connectivity index is 2.01. The Morgan fingerprint density at radius 1 is 1.04 bits per heavy atom. The topological polar surface area (TPSA) is 63.3 Å². The highest BCUT2D eigenvalue weighted by atomic mass is 79.9. The molecule has 6 heteroatoms. The van der Waals surface area contributed by atoms with Gasteiger partial charge in [-0.2, -0.15) is 0 Å². The average Bonchev–Trinajstić information content (AvgIpc) is 2.64. The van der Waals surface area contributed by atoms with E-state index in [1.807, 2.05) is 30.3 Å². The first-order chi connectivity index (χ1) is 13.0. The predicted octanol–water partition coefficient (Wildman–Crippen LogP) is 5.68. The second-order valence-electron chi connectivity index (χ2n) is 6.09. The lowest BCUT2D eigenvalue weighted by molar-refractivity contribution is 0.474. The molecule has 2 heterocycles. The van der Waals surface area contributed by atoms with E-state index >= 15 is 0 Å². The number of nitrogens with zero attached hydrogens (tertiary/aromatic N) is 1. The van der Waals surface area contributed by atoms with E-state index in [1.165, 1.54) is 12.1 Å². The van der Waals surface area contributed by atoms with Crippen LogP contribution in [0.25, 0.3) is 22.3 Å². The van der Waals surface area contributed by atoms with Crippen LogP contribution in [0.4, 0.5) is 0 Å². The summed E-state index contributed by atoms with van der Waals surface area (Å²) in [6.45, 7) is 0. The predicted molar refractivity (Wildman–Crippen MR) is 112 cm³/mol. The van der Waals surface area contributed by atoms with E-state index in [0.29, 0.717) is 28.7 Å². The standard InChI is InChI=1S/C21H13Br2NO3/c22-13-7-12(10-24-11-13)8-17-20(26)16-6-5-14(25)9-19(16)27-21(17)15-3-1-2-4-18(15)23/h1-7,9-11,25H,8H2. The molecule has 0 bridgehead atoms. The lowest BCUT2D eigenvalue weighted by Gasteiger charge is -2.12. The summed E-state index contributed by atoms with van der Waals surface area (Å²) in [6.07, 6.45) is 3.81. The fraction of sp³-hybridized carbons (Fsp3) is 0.0476. The van der Waals surface area contributed by atoms with Crippen molar-refractivity contribution in [2.45, 2.75) is 6.42 Å². The molecule has 0 amide bonds. The highest BCUT2D eigenvalue weighted by molar-refractivity contribution is 9.10. The monoisotopic (exact) mass is 485 g/mol. The molecule has 0 aliphatic heterocycles. The average molecular weight is 487 g/mol. The van der Waals surface area contributed by atoms with Crippen molar-refractivity contribution in [3.8, 4) is 17.1 Å². The molecule has 0 fully saturated rings. The summed E-state index contributed by atoms with van der Waals surface area (Å²) in [5, 5.41) is 10.2. The van der Waals surface area contributed by atoms with Crippen LogP contribution in [0.3, 0.4) is 0 Å². The molecule has 4 rings (SSSR count). The van der Waals surface area contributed by atoms with Crippen molar-refractivity contribution in [3.63, 3.8) is 0 Å². The number of fused-ring (bicyclic) bond motifs is 1. The van der Waals surface area contributed by atoms with Crippen LogP contribution in [-0.4, -0.2) is 10.1 Å². The van der Waals surface area contributed by atoms with Crippen LogP contribution in [0.1, 0.15) is 11.1 Å². The van der Waals surface area contributed by atoms with Gasteiger partial charge in [0.05, 0.1) is 5.39 Å². The molecule has 4 aromatic rings. The molecule has 4 nitrogen and oxygen atoms in total. The summed E-state index contributed by atoms with van der Waals surface area (Å²) in [5.41, 5.74) is 2.43. The van der Waals surface area contributed by atoms with Crippen molar-refractivity contribution < 1.29 is 9.52 Å². The maximum atomic E-state index is 13.2. The lowest BCUT2D eigenvalue weighted by Crippen LogP contribution is -2.12. The number of pyridine rings is 1. The Labute approximate surface area is 171 Å². The molecule has 0 unspecified atom stereocenters. The van der Waals surface area contributed by atoms with Crippen LogP contribution in [0.2, 0.25) is 0 Å². The second kappa shape index (κ2) is 7.29. The van der Waals surface area contributed by atoms with E-state index < -0.39 is 0 Å². The number of phenolic OH excluding ortho intramolecular Hbond substituents is 1. The molecule has 0 saturated heterocycles. The lowest BCUT2D eigenvalue weighted by atomic mass is 9.99. The fourth-order valence-corrected chi connectivity index (χ4v) is 3.88. The van der Waals surface area contributed by atoms with Gasteiger partial charge in [0.25, 0.3) is 0 Å². The molecule has 134 valence electrons. The number of rotatable bonds is 3. The van der Waals surface area contributed by atoms with Crippen molar-refractivity contribution >= 4 is 42.8 Å². The van der Waals surface area contributed by atoms with Crippen LogP contribution in [0.5, 0.6) is 5.75 Å². The number of hydrogen-bond acceptors (Lipinski definition) is 4. The number of halogens is 2. The first-order valence-corrected chi connectivity index (χ1v) is 9.74. The SMILES string of the molecule is O=c1c(Cc2cncc(Br)c2)c(-c2ccccc2Br)oc2cc(O)ccc12. The summed E-state index contributed by atoms with van der Waals surface area (Å²) in [4.78, 5) is 17.4. The van der Waals surface area contributed by atoms with Crippen molar-refractivity contribution in [2.75, 3.05) is 0 Å². The molecule has 0 spiro atoms. The minimum atomic E-state index is -0.123. The Morgan fingerprint density at radius 2 is 1.85 bits per heavy atom. The molecule has 0 saturated carbocycles. The maximum Gasteiger partial charge on any atom is 0.196 e. The molecule has 2 aromatic carbocycles. The van der Waals surface area contributed by atoms with E-state index in [4.69, 9.17) is 4.42 Å².